The third-order valence-electron chi connectivity index (χ3n) is 8.74. The Morgan fingerprint density at radius 1 is 0.564 bits per heavy atom. The van der Waals surface area contributed by atoms with Crippen LogP contribution in [0.4, 0.5) is 5.69 Å². The molecule has 1 saturated heterocycles. The van der Waals surface area contributed by atoms with Gasteiger partial charge in [0.25, 0.3) is 5.06 Å². The lowest BCUT2D eigenvalue weighted by Gasteiger charge is -2.46. The van der Waals surface area contributed by atoms with E-state index in [1.54, 1.807) is 0 Å². The maximum absolute atomic E-state index is 3.05. The highest BCUT2D eigenvalue weighted by atomic mass is 127. The lowest BCUT2D eigenvalue weighted by molar-refractivity contribution is 0.765. The van der Waals surface area contributed by atoms with Crippen LogP contribution in [0.15, 0.2) is 140 Å². The molecule has 0 radical (unpaired) electrons. The predicted octanol–water partition coefficient (Wildman–Crippen LogP) is 10.2. The summed E-state index contributed by atoms with van der Waals surface area (Å²) < 4.78 is 3.05. The molecular weight excluding hydrogens is 623 g/mol. The maximum Gasteiger partial charge on any atom is 0.268 e. The van der Waals surface area contributed by atoms with Crippen molar-refractivity contribution < 1.29 is 0 Å². The number of anilines is 1. The van der Waals surface area contributed by atoms with Gasteiger partial charge in [0.15, 0.2) is 29.5 Å². The van der Waals surface area contributed by atoms with Crippen molar-refractivity contribution in [3.63, 3.8) is 0 Å². The largest absolute Gasteiger partial charge is 0.268 e. The fourth-order valence-corrected chi connectivity index (χ4v) is 24.2. The number of benzene rings is 5. The highest BCUT2D eigenvalue weighted by Gasteiger charge is 2.70. The second-order valence-corrected chi connectivity index (χ2v) is 21.6. The summed E-state index contributed by atoms with van der Waals surface area (Å²) in [7, 11) is -1.86. The van der Waals surface area contributed by atoms with E-state index in [4.69, 9.17) is 0 Å². The molecule has 0 saturated carbocycles. The first-order chi connectivity index (χ1) is 19.1. The molecule has 1 unspecified atom stereocenters. The molecule has 2 aliphatic rings. The molecule has 1 nitrogen and oxygen atoms in total. The van der Waals surface area contributed by atoms with E-state index in [9.17, 15) is 0 Å². The van der Waals surface area contributed by atoms with Gasteiger partial charge in [-0.1, -0.05) is 115 Å². The number of hydrogen-bond donors (Lipinski definition) is 0. The van der Waals surface area contributed by atoms with E-state index in [1.165, 1.54) is 51.4 Å². The van der Waals surface area contributed by atoms with Gasteiger partial charge in [0, 0.05) is 11.1 Å². The summed E-state index contributed by atoms with van der Waals surface area (Å²) in [5.74, 6) is 0. The first-order valence-corrected chi connectivity index (χ1v) is 20.6. The van der Waals surface area contributed by atoms with Gasteiger partial charge in [-0.05, 0) is 48.2 Å². The molecule has 0 bridgehead atoms. The molecule has 1 fully saturated rings. The van der Waals surface area contributed by atoms with Crippen molar-refractivity contribution in [1.29, 1.82) is 0 Å². The van der Waals surface area contributed by atoms with Crippen LogP contribution in [0.3, 0.4) is 0 Å². The summed E-state index contributed by atoms with van der Waals surface area (Å²) in [6, 6.07) is 52.7. The average molecular weight is 656 g/mol. The zero-order valence-corrected chi connectivity index (χ0v) is 26.0. The van der Waals surface area contributed by atoms with Gasteiger partial charge in [0.2, 0.25) is 0 Å². The lowest BCUT2D eigenvalue weighted by atomic mass is 10.0. The Balaban J connectivity index is 1.57. The fourth-order valence-electron chi connectivity index (χ4n) is 7.06. The van der Waals surface area contributed by atoms with Crippen molar-refractivity contribution in [2.24, 2.45) is 0 Å². The van der Waals surface area contributed by atoms with Crippen molar-refractivity contribution >= 4 is 50.8 Å². The molecule has 0 aliphatic carbocycles. The van der Waals surface area contributed by atoms with Crippen LogP contribution in [0.5, 0.6) is 0 Å². The molecule has 0 N–H and O–H groups in total. The number of hydrogen-bond acceptors (Lipinski definition) is 1. The Kier molecular flexibility index (Phi) is 6.63. The average Bonchev–Trinajstić information content (AvgIpc) is 3.36. The minimum atomic E-state index is -2.03. The van der Waals surface area contributed by atoms with Crippen LogP contribution < -0.4 is 15.1 Å². The molecule has 2 heterocycles. The molecule has 0 aromatic heterocycles. The smallest absolute Gasteiger partial charge is 0.115 e. The molecule has 192 valence electrons. The van der Waals surface area contributed by atoms with E-state index in [-0.39, 0.29) is 0 Å². The van der Waals surface area contributed by atoms with E-state index < -0.39 is 12.5 Å². The molecule has 2 aliphatic heterocycles. The summed E-state index contributed by atoms with van der Waals surface area (Å²) in [6.45, 7) is 2.69. The zero-order chi connectivity index (χ0) is 26.5. The number of fused-ring (bicyclic) bond motifs is 3. The monoisotopic (exact) mass is 655 g/mol. The Morgan fingerprint density at radius 2 is 1.03 bits per heavy atom. The lowest BCUT2D eigenvalue weighted by Crippen LogP contribution is -2.39. The Bertz CT molecular complexity index is 1560. The van der Waals surface area contributed by atoms with E-state index in [0.717, 1.165) is 0 Å². The predicted molar refractivity (Wildman–Crippen MR) is 181 cm³/mol. The Labute approximate surface area is 246 Å². The third kappa shape index (κ3) is 3.94. The van der Waals surface area contributed by atoms with Gasteiger partial charge in [-0.25, -0.2) is 0 Å². The van der Waals surface area contributed by atoms with Gasteiger partial charge < -0.3 is 0 Å². The molecule has 5 aromatic carbocycles. The van der Waals surface area contributed by atoms with Crippen molar-refractivity contribution in [1.82, 2.24) is 0 Å². The highest BCUT2D eigenvalue weighted by Crippen LogP contribution is 2.93. The molecule has 0 amide bonds. The molecule has 3 atom stereocenters. The van der Waals surface area contributed by atoms with Crippen LogP contribution in [0.1, 0.15) is 35.3 Å². The van der Waals surface area contributed by atoms with Crippen LogP contribution in [0.2, 0.25) is 0 Å². The van der Waals surface area contributed by atoms with Crippen molar-refractivity contribution in [2.45, 2.75) is 24.2 Å². The molecule has 0 spiro atoms. The van der Waals surface area contributed by atoms with Crippen molar-refractivity contribution in [3.05, 3.63) is 151 Å². The zero-order valence-electron chi connectivity index (χ0n) is 22.1. The van der Waals surface area contributed by atoms with E-state index in [1.807, 2.05) is 0 Å². The SMILES string of the molecule is C[P+]1(N2c3ccccc3-c3ccccc3[P+]2(I)c2ccccc2)[C@H](c2ccccc2)CC[C@H]1c1ccccc1. The molecule has 5 aromatic rings. The number of para-hydroxylation sites is 1. The van der Waals surface area contributed by atoms with Gasteiger partial charge in [-0.2, -0.15) is 0 Å². The quantitative estimate of drug-likeness (QED) is 0.138. The summed E-state index contributed by atoms with van der Waals surface area (Å²) in [5, 5.41) is 0.934. The van der Waals surface area contributed by atoms with E-state index >= 15 is 0 Å². The molecular formula is C35H32INP2+2. The normalized spacial score (nSPS) is 23.2. The highest BCUT2D eigenvalue weighted by molar-refractivity contribution is 14.2. The van der Waals surface area contributed by atoms with Gasteiger partial charge in [0.1, 0.15) is 27.6 Å². The van der Waals surface area contributed by atoms with Crippen molar-refractivity contribution in [3.8, 4) is 11.1 Å². The second kappa shape index (κ2) is 10.2. The van der Waals surface area contributed by atoms with Crippen LogP contribution in [-0.4, -0.2) is 6.66 Å². The summed E-state index contributed by atoms with van der Waals surface area (Å²) >= 11 is 2.93. The maximum atomic E-state index is 3.05. The number of halogens is 1. The van der Waals surface area contributed by atoms with Crippen LogP contribution >= 0.6 is 34.5 Å². The third-order valence-corrected chi connectivity index (χ3v) is 23.7. The van der Waals surface area contributed by atoms with Crippen LogP contribution in [-0.2, 0) is 0 Å². The summed E-state index contributed by atoms with van der Waals surface area (Å²) in [5.41, 5.74) is 8.22. The minimum Gasteiger partial charge on any atom is -0.115 e. The van der Waals surface area contributed by atoms with Gasteiger partial charge >= 0.3 is 0 Å². The summed E-state index contributed by atoms with van der Waals surface area (Å²) in [6.07, 6.45) is 2.44. The van der Waals surface area contributed by atoms with Crippen LogP contribution in [0, 0.1) is 0 Å². The minimum absolute atomic E-state index is 0.514. The van der Waals surface area contributed by atoms with Crippen molar-refractivity contribution in [2.75, 3.05) is 11.1 Å². The van der Waals surface area contributed by atoms with E-state index in [2.05, 4.69) is 173 Å². The Morgan fingerprint density at radius 3 is 1.62 bits per heavy atom. The second-order valence-electron chi connectivity index (χ2n) is 10.7. The first-order valence-electron chi connectivity index (χ1n) is 13.7. The fraction of sp³-hybridized carbons (Fsp3) is 0.143. The number of nitrogens with zero attached hydrogens (tertiary/aromatic N) is 1. The van der Waals surface area contributed by atoms with Gasteiger partial charge in [0.05, 0.1) is 6.66 Å². The molecule has 7 rings (SSSR count). The molecule has 4 heteroatoms. The standard InChI is InChI=1S/C35H32INP2/c1-38(33(27-15-5-2-6-16-27)25-26-34(38)28-17-7-3-8-18-28)37-32-23-13-11-21-30(32)31-22-12-14-24-35(31)39(37,36)29-19-9-4-10-20-29/h2-24,33-34H,25-26H2,1H3/q+2/t33-,34-,39?/m0/s1. The number of rotatable bonds is 4. The summed E-state index contributed by atoms with van der Waals surface area (Å²) in [4.78, 5) is 0. The molecule has 39 heavy (non-hydrogen) atoms. The topological polar surface area (TPSA) is 3.24 Å². The van der Waals surface area contributed by atoms with Gasteiger partial charge in [-0.3, -0.25) is 0 Å². The van der Waals surface area contributed by atoms with E-state index in [0.29, 0.717) is 11.3 Å². The Hall–Kier alpha value is -2.51. The van der Waals surface area contributed by atoms with Crippen LogP contribution in [0.25, 0.3) is 11.1 Å². The van der Waals surface area contributed by atoms with Gasteiger partial charge in [-0.15, -0.1) is 4.44 Å². The first kappa shape index (κ1) is 25.5.